The van der Waals surface area contributed by atoms with Crippen molar-refractivity contribution in [3.8, 4) is 0 Å². The molecule has 4 heteroatoms. The van der Waals surface area contributed by atoms with Crippen molar-refractivity contribution in [3.63, 3.8) is 0 Å². The zero-order valence-corrected chi connectivity index (χ0v) is 9.07. The molecule has 1 aromatic rings. The highest BCUT2D eigenvalue weighted by Gasteiger charge is 2.31. The maximum absolute atomic E-state index is 5.97. The molecule has 0 aromatic carbocycles. The predicted molar refractivity (Wildman–Crippen MR) is 58.1 cm³/mol. The Hall–Kier alpha value is -0.610. The van der Waals surface area contributed by atoms with Crippen molar-refractivity contribution in [2.75, 3.05) is 0 Å². The van der Waals surface area contributed by atoms with Crippen LogP contribution in [0.5, 0.6) is 0 Å². The van der Waals surface area contributed by atoms with Crippen molar-refractivity contribution in [1.29, 1.82) is 0 Å². The van der Waals surface area contributed by atoms with Crippen LogP contribution in [0, 0.1) is 5.92 Å². The first-order chi connectivity index (χ1) is 6.77. The van der Waals surface area contributed by atoms with Crippen LogP contribution >= 0.6 is 11.8 Å². The molecule has 0 radical (unpaired) electrons. The van der Waals surface area contributed by atoms with Crippen molar-refractivity contribution in [2.45, 2.75) is 36.1 Å². The lowest BCUT2D eigenvalue weighted by Gasteiger charge is -2.16. The van der Waals surface area contributed by atoms with E-state index in [1.54, 1.807) is 12.4 Å². The van der Waals surface area contributed by atoms with E-state index in [-0.39, 0.29) is 0 Å². The Bertz CT molecular complexity index is 291. The molecule has 2 N–H and O–H groups in total. The molecule has 3 nitrogen and oxygen atoms in total. The maximum atomic E-state index is 5.97. The van der Waals surface area contributed by atoms with Crippen molar-refractivity contribution >= 4 is 11.8 Å². The molecule has 3 atom stereocenters. The fourth-order valence-electron chi connectivity index (χ4n) is 1.83. The molecule has 0 bridgehead atoms. The largest absolute Gasteiger partial charge is 0.327 e. The van der Waals surface area contributed by atoms with Gasteiger partial charge in [-0.2, -0.15) is 0 Å². The van der Waals surface area contributed by atoms with Gasteiger partial charge < -0.3 is 5.73 Å². The molecule has 0 saturated heterocycles. The average Bonchev–Trinajstić information content (AvgIpc) is 2.52. The van der Waals surface area contributed by atoms with E-state index in [4.69, 9.17) is 5.73 Å². The van der Waals surface area contributed by atoms with E-state index < -0.39 is 0 Å². The number of hydrogen-bond donors (Lipinski definition) is 1. The third-order valence-electron chi connectivity index (χ3n) is 2.86. The summed E-state index contributed by atoms with van der Waals surface area (Å²) >= 11 is 1.81. The molecule has 2 rings (SSSR count). The lowest BCUT2D eigenvalue weighted by atomic mass is 10.1. The van der Waals surface area contributed by atoms with Gasteiger partial charge in [0.25, 0.3) is 0 Å². The van der Waals surface area contributed by atoms with Crippen molar-refractivity contribution in [1.82, 2.24) is 9.97 Å². The van der Waals surface area contributed by atoms with Gasteiger partial charge in [-0.15, -0.1) is 11.8 Å². The van der Waals surface area contributed by atoms with Crippen LogP contribution in [0.2, 0.25) is 0 Å². The Labute approximate surface area is 88.5 Å². The summed E-state index contributed by atoms with van der Waals surface area (Å²) < 4.78 is 0. The molecule has 1 aromatic heterocycles. The molecule has 3 unspecified atom stereocenters. The number of rotatable bonds is 2. The van der Waals surface area contributed by atoms with Crippen LogP contribution in [-0.4, -0.2) is 21.3 Å². The van der Waals surface area contributed by atoms with Crippen LogP contribution < -0.4 is 5.73 Å². The maximum Gasteiger partial charge on any atom is 0.115 e. The van der Waals surface area contributed by atoms with E-state index in [2.05, 4.69) is 16.9 Å². The van der Waals surface area contributed by atoms with E-state index in [0.717, 1.165) is 11.4 Å². The molecular weight excluding hydrogens is 194 g/mol. The first-order valence-electron chi connectivity index (χ1n) is 4.95. The summed E-state index contributed by atoms with van der Waals surface area (Å²) in [7, 11) is 0. The van der Waals surface area contributed by atoms with E-state index in [9.17, 15) is 0 Å². The van der Waals surface area contributed by atoms with E-state index >= 15 is 0 Å². The first-order valence-corrected chi connectivity index (χ1v) is 5.83. The minimum atomic E-state index is 0.365. The Morgan fingerprint density at radius 1 is 1.43 bits per heavy atom. The van der Waals surface area contributed by atoms with Gasteiger partial charge in [-0.3, -0.25) is 4.98 Å². The molecule has 1 saturated carbocycles. The van der Waals surface area contributed by atoms with Crippen molar-refractivity contribution in [2.24, 2.45) is 11.7 Å². The van der Waals surface area contributed by atoms with Crippen LogP contribution in [0.15, 0.2) is 23.6 Å². The van der Waals surface area contributed by atoms with Gasteiger partial charge in [0, 0.05) is 23.7 Å². The summed E-state index contributed by atoms with van der Waals surface area (Å²) in [5, 5.41) is 1.63. The summed E-state index contributed by atoms with van der Waals surface area (Å²) in [6.45, 7) is 2.23. The topological polar surface area (TPSA) is 51.8 Å². The zero-order valence-electron chi connectivity index (χ0n) is 8.26. The fourth-order valence-corrected chi connectivity index (χ4v) is 3.05. The molecule has 14 heavy (non-hydrogen) atoms. The third kappa shape index (κ3) is 2.07. The number of thioether (sulfide) groups is 1. The first kappa shape index (κ1) is 9.93. The second-order valence-corrected chi connectivity index (χ2v) is 5.06. The van der Waals surface area contributed by atoms with Gasteiger partial charge in [-0.25, -0.2) is 4.98 Å². The molecule has 76 valence electrons. The van der Waals surface area contributed by atoms with Crippen LogP contribution in [0.4, 0.5) is 0 Å². The highest BCUT2D eigenvalue weighted by Crippen LogP contribution is 2.36. The minimum absolute atomic E-state index is 0.365. The number of aromatic nitrogens is 2. The SMILES string of the molecule is CC1C(N)CCC1Sc1cnccn1. The van der Waals surface area contributed by atoms with Crippen LogP contribution in [0.25, 0.3) is 0 Å². The van der Waals surface area contributed by atoms with Gasteiger partial charge in [-0.05, 0) is 18.8 Å². The molecule has 0 amide bonds. The number of nitrogens with zero attached hydrogens (tertiary/aromatic N) is 2. The molecular formula is C10H15N3S. The summed E-state index contributed by atoms with van der Waals surface area (Å²) in [6, 6.07) is 0.365. The minimum Gasteiger partial charge on any atom is -0.327 e. The molecule has 0 aliphatic heterocycles. The van der Waals surface area contributed by atoms with Crippen LogP contribution in [0.3, 0.4) is 0 Å². The van der Waals surface area contributed by atoms with Crippen molar-refractivity contribution in [3.05, 3.63) is 18.6 Å². The Morgan fingerprint density at radius 2 is 2.29 bits per heavy atom. The van der Waals surface area contributed by atoms with Gasteiger partial charge in [-0.1, -0.05) is 6.92 Å². The second-order valence-electron chi connectivity index (χ2n) is 3.80. The fraction of sp³-hybridized carbons (Fsp3) is 0.600. The van der Waals surface area contributed by atoms with Crippen LogP contribution in [0.1, 0.15) is 19.8 Å². The molecule has 1 heterocycles. The predicted octanol–water partition coefficient (Wildman–Crippen LogP) is 1.69. The van der Waals surface area contributed by atoms with E-state index in [1.807, 2.05) is 18.0 Å². The Kier molecular flexibility index (Phi) is 3.03. The van der Waals surface area contributed by atoms with E-state index in [1.165, 1.54) is 6.42 Å². The van der Waals surface area contributed by atoms with Crippen molar-refractivity contribution < 1.29 is 0 Å². The third-order valence-corrected chi connectivity index (χ3v) is 4.28. The van der Waals surface area contributed by atoms with Gasteiger partial charge in [0.15, 0.2) is 0 Å². The van der Waals surface area contributed by atoms with Gasteiger partial charge in [0.05, 0.1) is 6.20 Å². The van der Waals surface area contributed by atoms with Gasteiger partial charge in [0.2, 0.25) is 0 Å². The number of hydrogen-bond acceptors (Lipinski definition) is 4. The summed E-state index contributed by atoms with van der Waals surface area (Å²) in [5.41, 5.74) is 5.97. The standard InChI is InChI=1S/C10H15N3S/c1-7-8(11)2-3-9(7)14-10-6-12-4-5-13-10/h4-9H,2-3,11H2,1H3. The molecule has 1 fully saturated rings. The molecule has 1 aliphatic carbocycles. The Morgan fingerprint density at radius 3 is 2.86 bits per heavy atom. The average molecular weight is 209 g/mol. The highest BCUT2D eigenvalue weighted by atomic mass is 32.2. The summed E-state index contributed by atoms with van der Waals surface area (Å²) in [6.07, 6.45) is 7.60. The summed E-state index contributed by atoms with van der Waals surface area (Å²) in [5.74, 6) is 0.585. The van der Waals surface area contributed by atoms with Crippen LogP contribution in [-0.2, 0) is 0 Å². The highest BCUT2D eigenvalue weighted by molar-refractivity contribution is 7.99. The van der Waals surface area contributed by atoms with Gasteiger partial charge >= 0.3 is 0 Å². The lowest BCUT2D eigenvalue weighted by Crippen LogP contribution is -2.26. The normalized spacial score (nSPS) is 32.0. The van der Waals surface area contributed by atoms with Gasteiger partial charge in [0.1, 0.15) is 5.03 Å². The lowest BCUT2D eigenvalue weighted by molar-refractivity contribution is 0.535. The number of nitrogens with two attached hydrogens (primary N) is 1. The van der Waals surface area contributed by atoms with E-state index in [0.29, 0.717) is 17.2 Å². The monoisotopic (exact) mass is 209 g/mol. The summed E-state index contributed by atoms with van der Waals surface area (Å²) in [4.78, 5) is 8.32. The molecule has 1 aliphatic rings. The quantitative estimate of drug-likeness (QED) is 0.805. The smallest absolute Gasteiger partial charge is 0.115 e. The second kappa shape index (κ2) is 4.28. The Balaban J connectivity index is 1.99. The zero-order chi connectivity index (χ0) is 9.97. The molecule has 0 spiro atoms.